The summed E-state index contributed by atoms with van der Waals surface area (Å²) in [6.45, 7) is -1.83. The monoisotopic (exact) mass is 589 g/mol. The molecular weight excluding hydrogens is 567 g/mol. The molecule has 214 valence electrons. The van der Waals surface area contributed by atoms with Crippen LogP contribution in [0.25, 0.3) is 22.1 Å². The first-order valence-electron chi connectivity index (χ1n) is 12.9. The van der Waals surface area contributed by atoms with Crippen LogP contribution >= 0.6 is 11.6 Å². The Morgan fingerprint density at radius 3 is 2.78 bits per heavy atom. The number of halogens is 4. The lowest BCUT2D eigenvalue weighted by molar-refractivity contribution is -0.165. The van der Waals surface area contributed by atoms with Crippen molar-refractivity contribution in [2.45, 2.75) is 44.6 Å². The molecule has 1 saturated heterocycles. The molecule has 1 aromatic carbocycles. The fraction of sp³-hybridized carbons (Fsp3) is 0.385. The van der Waals surface area contributed by atoms with E-state index < -0.39 is 48.7 Å². The van der Waals surface area contributed by atoms with E-state index in [-0.39, 0.29) is 43.8 Å². The van der Waals surface area contributed by atoms with E-state index in [0.717, 1.165) is 0 Å². The van der Waals surface area contributed by atoms with Gasteiger partial charge in [0, 0.05) is 43.9 Å². The van der Waals surface area contributed by atoms with Crippen LogP contribution in [-0.2, 0) is 27.3 Å². The summed E-state index contributed by atoms with van der Waals surface area (Å²) in [5.74, 6) is -2.67. The van der Waals surface area contributed by atoms with Crippen LogP contribution in [0.5, 0.6) is 0 Å². The van der Waals surface area contributed by atoms with Crippen molar-refractivity contribution in [3.05, 3.63) is 57.2 Å². The second kappa shape index (κ2) is 10.0. The lowest BCUT2D eigenvalue weighted by Crippen LogP contribution is -2.48. The number of imidazole rings is 1. The Balaban J connectivity index is 1.36. The number of piperidine rings is 1. The molecule has 0 aliphatic carbocycles. The van der Waals surface area contributed by atoms with E-state index in [4.69, 9.17) is 11.6 Å². The second-order valence-corrected chi connectivity index (χ2v) is 10.7. The fourth-order valence-corrected chi connectivity index (χ4v) is 6.13. The molecule has 0 saturated carbocycles. The van der Waals surface area contributed by atoms with Gasteiger partial charge in [-0.05, 0) is 35.7 Å². The standard InChI is InChI=1S/C26H23ClF3N7O4/c27-18-7-13-6-14(24(40)35(12-26(28,29)30)11-17(13)16-10-32-34-22(16)18)8-21(39)36-5-3-15(38)9-20(36)37-19-2-1-4-31-23(19)33-25(37)41/h1-2,4,7,10,14,20H,3,5-6,8-9,11-12H2,(H,32,34)(H,31,33,41)/t14?,20-/m1/s1. The molecule has 2 aliphatic heterocycles. The number of carbonyl (C=O) groups excluding carboxylic acids is 3. The molecule has 2 aliphatic rings. The van der Waals surface area contributed by atoms with Crippen molar-refractivity contribution in [1.82, 2.24) is 34.5 Å². The molecule has 41 heavy (non-hydrogen) atoms. The second-order valence-electron chi connectivity index (χ2n) is 10.3. The average Bonchev–Trinajstić information content (AvgIpc) is 3.50. The maximum absolute atomic E-state index is 13.8. The van der Waals surface area contributed by atoms with E-state index in [1.54, 1.807) is 18.2 Å². The maximum atomic E-state index is 13.8. The van der Waals surface area contributed by atoms with E-state index in [9.17, 15) is 32.3 Å². The summed E-state index contributed by atoms with van der Waals surface area (Å²) in [5, 5.41) is 7.48. The highest BCUT2D eigenvalue weighted by atomic mass is 35.5. The van der Waals surface area contributed by atoms with E-state index in [1.165, 1.54) is 21.9 Å². The minimum atomic E-state index is -4.67. The number of aromatic nitrogens is 5. The molecule has 3 aromatic heterocycles. The molecule has 15 heteroatoms. The first-order valence-corrected chi connectivity index (χ1v) is 13.2. The zero-order valence-corrected chi connectivity index (χ0v) is 22.1. The zero-order valence-electron chi connectivity index (χ0n) is 21.4. The SMILES string of the molecule is O=C1CCN(C(=O)CC2Cc3cc(Cl)c4[nH]ncc4c3CN(CC(F)(F)F)C2=O)[C@H](n2c(=O)[nH]c3ncccc32)C1. The maximum Gasteiger partial charge on any atom is 0.406 e. The number of nitrogens with one attached hydrogen (secondary N) is 2. The summed E-state index contributed by atoms with van der Waals surface area (Å²) in [7, 11) is 0. The number of benzene rings is 1. The number of rotatable bonds is 4. The fourth-order valence-electron chi connectivity index (χ4n) is 5.85. The van der Waals surface area contributed by atoms with Crippen LogP contribution in [0.3, 0.4) is 0 Å². The largest absolute Gasteiger partial charge is 0.406 e. The number of aromatic amines is 2. The lowest BCUT2D eigenvalue weighted by Gasteiger charge is -2.36. The summed E-state index contributed by atoms with van der Waals surface area (Å²) >= 11 is 6.40. The Hall–Kier alpha value is -4.20. The van der Waals surface area contributed by atoms with Gasteiger partial charge in [-0.2, -0.15) is 18.3 Å². The van der Waals surface area contributed by atoms with Gasteiger partial charge < -0.3 is 9.80 Å². The molecule has 0 radical (unpaired) electrons. The van der Waals surface area contributed by atoms with Crippen molar-refractivity contribution in [3.63, 3.8) is 0 Å². The van der Waals surface area contributed by atoms with Crippen LogP contribution in [0.1, 0.15) is 36.6 Å². The molecule has 0 bridgehead atoms. The Kier molecular flexibility index (Phi) is 6.59. The first-order chi connectivity index (χ1) is 19.5. The van der Waals surface area contributed by atoms with E-state index in [2.05, 4.69) is 20.2 Å². The molecule has 1 unspecified atom stereocenters. The van der Waals surface area contributed by atoms with Crippen molar-refractivity contribution in [2.24, 2.45) is 5.92 Å². The number of Topliss-reactive ketones (excluding diaryl/α,β-unsaturated/α-hetero) is 1. The Morgan fingerprint density at radius 2 is 2.00 bits per heavy atom. The third kappa shape index (κ3) is 4.96. The highest BCUT2D eigenvalue weighted by molar-refractivity contribution is 6.35. The average molecular weight is 590 g/mol. The molecule has 0 spiro atoms. The van der Waals surface area contributed by atoms with E-state index in [0.29, 0.717) is 37.5 Å². The third-order valence-corrected chi connectivity index (χ3v) is 7.97. The van der Waals surface area contributed by atoms with Crippen molar-refractivity contribution < 1.29 is 27.6 Å². The van der Waals surface area contributed by atoms with Crippen molar-refractivity contribution in [3.8, 4) is 0 Å². The molecule has 6 rings (SSSR count). The normalized spacial score (nSPS) is 20.1. The summed E-state index contributed by atoms with van der Waals surface area (Å²) in [5.41, 5.74) is 1.58. The topological polar surface area (TPSA) is 137 Å². The van der Waals surface area contributed by atoms with Crippen LogP contribution in [0.4, 0.5) is 13.2 Å². The molecular formula is C26H23ClF3N7O4. The first kappa shape index (κ1) is 27.0. The number of pyridine rings is 1. The molecule has 1 fully saturated rings. The third-order valence-electron chi connectivity index (χ3n) is 7.67. The van der Waals surface area contributed by atoms with Gasteiger partial charge in [-0.25, -0.2) is 9.78 Å². The van der Waals surface area contributed by atoms with Gasteiger partial charge in [0.15, 0.2) is 5.65 Å². The van der Waals surface area contributed by atoms with Gasteiger partial charge in [0.05, 0.1) is 28.2 Å². The van der Waals surface area contributed by atoms with Gasteiger partial charge in [-0.15, -0.1) is 0 Å². The summed E-state index contributed by atoms with van der Waals surface area (Å²) in [6.07, 6.45) is -3.24. The summed E-state index contributed by atoms with van der Waals surface area (Å²) < 4.78 is 41.9. The van der Waals surface area contributed by atoms with Crippen LogP contribution < -0.4 is 5.69 Å². The Bertz CT molecular complexity index is 1760. The molecule has 5 heterocycles. The molecule has 2 N–H and O–H groups in total. The summed E-state index contributed by atoms with van der Waals surface area (Å²) in [6, 6.07) is 4.82. The van der Waals surface area contributed by atoms with E-state index >= 15 is 0 Å². The highest BCUT2D eigenvalue weighted by Crippen LogP contribution is 2.36. The van der Waals surface area contributed by atoms with Gasteiger partial charge in [-0.3, -0.25) is 29.0 Å². The number of carbonyl (C=O) groups is 3. The number of alkyl halides is 3. The Labute approximate surface area is 234 Å². The van der Waals surface area contributed by atoms with Gasteiger partial charge in [0.2, 0.25) is 11.8 Å². The van der Waals surface area contributed by atoms with E-state index in [1.807, 2.05) is 0 Å². The highest BCUT2D eigenvalue weighted by Gasteiger charge is 2.41. The number of amides is 2. The van der Waals surface area contributed by atoms with Crippen molar-refractivity contribution in [1.29, 1.82) is 0 Å². The Morgan fingerprint density at radius 1 is 1.20 bits per heavy atom. The minimum Gasteiger partial charge on any atom is -0.329 e. The number of H-pyrrole nitrogens is 2. The number of hydrogen-bond donors (Lipinski definition) is 2. The van der Waals surface area contributed by atoms with Gasteiger partial charge in [0.25, 0.3) is 0 Å². The number of ketones is 1. The summed E-state index contributed by atoms with van der Waals surface area (Å²) in [4.78, 5) is 61.4. The number of fused-ring (bicyclic) bond motifs is 4. The van der Waals surface area contributed by atoms with Gasteiger partial charge in [-0.1, -0.05) is 11.6 Å². The molecule has 11 nitrogen and oxygen atoms in total. The van der Waals surface area contributed by atoms with Crippen LogP contribution in [-0.4, -0.2) is 71.4 Å². The van der Waals surface area contributed by atoms with Crippen LogP contribution in [0.2, 0.25) is 5.02 Å². The smallest absolute Gasteiger partial charge is 0.329 e. The molecule has 2 atom stereocenters. The van der Waals surface area contributed by atoms with Crippen LogP contribution in [0.15, 0.2) is 35.4 Å². The molecule has 2 amide bonds. The van der Waals surface area contributed by atoms with Crippen LogP contribution in [0, 0.1) is 5.92 Å². The number of hydrogen-bond acceptors (Lipinski definition) is 6. The predicted molar refractivity (Wildman–Crippen MR) is 140 cm³/mol. The predicted octanol–water partition coefficient (Wildman–Crippen LogP) is 3.10. The molecule has 4 aromatic rings. The number of likely N-dealkylation sites (tertiary alicyclic amines) is 1. The quantitative estimate of drug-likeness (QED) is 0.375. The zero-order chi connectivity index (χ0) is 29.1. The van der Waals surface area contributed by atoms with Crippen molar-refractivity contribution in [2.75, 3.05) is 13.1 Å². The lowest BCUT2D eigenvalue weighted by atomic mass is 9.92. The van der Waals surface area contributed by atoms with Gasteiger partial charge >= 0.3 is 11.9 Å². The van der Waals surface area contributed by atoms with Crippen molar-refractivity contribution >= 4 is 51.3 Å². The number of nitrogens with zero attached hydrogens (tertiary/aromatic N) is 5. The minimum absolute atomic E-state index is 0.00700. The van der Waals surface area contributed by atoms with Gasteiger partial charge in [0.1, 0.15) is 18.5 Å².